The molecule has 5 heteroatoms. The van der Waals surface area contributed by atoms with Gasteiger partial charge in [-0.05, 0) is 26.3 Å². The van der Waals surface area contributed by atoms with Crippen LogP contribution in [0.3, 0.4) is 0 Å². The maximum Gasteiger partial charge on any atom is 0.161 e. The number of hydrogen-bond acceptors (Lipinski definition) is 4. The molecule has 0 fully saturated rings. The van der Waals surface area contributed by atoms with Crippen molar-refractivity contribution >= 4 is 0 Å². The molecule has 1 aromatic heterocycles. The lowest BCUT2D eigenvalue weighted by atomic mass is 9.90. The van der Waals surface area contributed by atoms with Crippen LogP contribution in [0.2, 0.25) is 0 Å². The lowest BCUT2D eigenvalue weighted by Crippen LogP contribution is -2.44. The van der Waals surface area contributed by atoms with Crippen molar-refractivity contribution in [2.45, 2.75) is 45.3 Å². The Morgan fingerprint density at radius 2 is 2.11 bits per heavy atom. The van der Waals surface area contributed by atoms with E-state index in [4.69, 9.17) is 9.47 Å². The maximum atomic E-state index is 5.77. The summed E-state index contributed by atoms with van der Waals surface area (Å²) >= 11 is 0. The Labute approximate surface area is 116 Å². The topological polar surface area (TPSA) is 48.3 Å². The zero-order valence-corrected chi connectivity index (χ0v) is 13.0. The van der Waals surface area contributed by atoms with Crippen LogP contribution >= 0.6 is 0 Å². The fraction of sp³-hybridized carbons (Fsp3) is 0.786. The average molecular weight is 269 g/mol. The van der Waals surface area contributed by atoms with Crippen LogP contribution < -0.4 is 10.1 Å². The van der Waals surface area contributed by atoms with Crippen molar-refractivity contribution in [3.63, 3.8) is 0 Å². The molecule has 0 saturated carbocycles. The van der Waals surface area contributed by atoms with Crippen molar-refractivity contribution in [1.29, 1.82) is 0 Å². The highest BCUT2D eigenvalue weighted by molar-refractivity contribution is 5.30. The molecule has 0 aliphatic carbocycles. The van der Waals surface area contributed by atoms with E-state index in [-0.39, 0.29) is 11.6 Å². The fourth-order valence-electron chi connectivity index (χ4n) is 2.27. The molecule has 2 atom stereocenters. The molecule has 19 heavy (non-hydrogen) atoms. The molecule has 0 aliphatic rings. The quantitative estimate of drug-likeness (QED) is 0.786. The standard InChI is InChI=1S/C14H27N3O2/c1-7-9-15-13(14(3,8-2)19-6)12-11(18-5)10-16-17(12)4/h10,13,15H,7-9H2,1-6H3. The lowest BCUT2D eigenvalue weighted by molar-refractivity contribution is -0.0325. The second kappa shape index (κ2) is 6.91. The van der Waals surface area contributed by atoms with Crippen LogP contribution in [0.5, 0.6) is 5.75 Å². The number of aryl methyl sites for hydroxylation is 1. The summed E-state index contributed by atoms with van der Waals surface area (Å²) in [4.78, 5) is 0. The SMILES string of the molecule is CCCNC(c1c(OC)cnn1C)C(C)(CC)OC. The second-order valence-corrected chi connectivity index (χ2v) is 4.98. The van der Waals surface area contributed by atoms with Crippen molar-refractivity contribution in [3.8, 4) is 5.75 Å². The van der Waals surface area contributed by atoms with Crippen molar-refractivity contribution in [2.24, 2.45) is 7.05 Å². The Bertz CT molecular complexity index is 386. The van der Waals surface area contributed by atoms with E-state index in [1.165, 1.54) is 0 Å². The summed E-state index contributed by atoms with van der Waals surface area (Å²) in [5.41, 5.74) is 0.734. The number of nitrogens with one attached hydrogen (secondary N) is 1. The van der Waals surface area contributed by atoms with E-state index in [0.717, 1.165) is 30.8 Å². The summed E-state index contributed by atoms with van der Waals surface area (Å²) in [5.74, 6) is 0.799. The molecule has 1 rings (SSSR count). The molecule has 0 amide bonds. The normalized spacial score (nSPS) is 16.1. The summed E-state index contributed by atoms with van der Waals surface area (Å²) in [6, 6.07) is 0.0462. The first-order valence-corrected chi connectivity index (χ1v) is 6.88. The van der Waals surface area contributed by atoms with Gasteiger partial charge in [0.1, 0.15) is 0 Å². The molecule has 0 spiro atoms. The highest BCUT2D eigenvalue weighted by Gasteiger charge is 2.37. The Kier molecular flexibility index (Phi) is 5.82. The number of hydrogen-bond donors (Lipinski definition) is 1. The smallest absolute Gasteiger partial charge is 0.161 e. The van der Waals surface area contributed by atoms with Gasteiger partial charge < -0.3 is 14.8 Å². The van der Waals surface area contributed by atoms with Gasteiger partial charge in [0.05, 0.1) is 30.6 Å². The van der Waals surface area contributed by atoms with E-state index in [9.17, 15) is 0 Å². The summed E-state index contributed by atoms with van der Waals surface area (Å²) < 4.78 is 13.1. The molecule has 5 nitrogen and oxygen atoms in total. The number of ether oxygens (including phenoxy) is 2. The van der Waals surface area contributed by atoms with Crippen LogP contribution in [0, 0.1) is 0 Å². The zero-order chi connectivity index (χ0) is 14.5. The van der Waals surface area contributed by atoms with E-state index in [2.05, 4.69) is 31.2 Å². The Morgan fingerprint density at radius 3 is 2.58 bits per heavy atom. The van der Waals surface area contributed by atoms with Crippen molar-refractivity contribution in [1.82, 2.24) is 15.1 Å². The monoisotopic (exact) mass is 269 g/mol. The van der Waals surface area contributed by atoms with Crippen LogP contribution in [0.15, 0.2) is 6.20 Å². The maximum absolute atomic E-state index is 5.77. The van der Waals surface area contributed by atoms with Crippen LogP contribution in [0.1, 0.15) is 45.3 Å². The van der Waals surface area contributed by atoms with Gasteiger partial charge in [-0.2, -0.15) is 5.10 Å². The Balaban J connectivity index is 3.18. The van der Waals surface area contributed by atoms with E-state index >= 15 is 0 Å². The number of rotatable bonds is 8. The minimum Gasteiger partial charge on any atom is -0.493 e. The molecular weight excluding hydrogens is 242 g/mol. The first-order chi connectivity index (χ1) is 9.03. The lowest BCUT2D eigenvalue weighted by Gasteiger charge is -2.36. The predicted molar refractivity (Wildman–Crippen MR) is 76.5 cm³/mol. The first-order valence-electron chi connectivity index (χ1n) is 6.88. The third kappa shape index (κ3) is 3.28. The van der Waals surface area contributed by atoms with E-state index in [1.54, 1.807) is 20.4 Å². The number of nitrogens with zero attached hydrogens (tertiary/aromatic N) is 2. The summed E-state index contributed by atoms with van der Waals surface area (Å²) in [6.45, 7) is 7.33. The van der Waals surface area contributed by atoms with Gasteiger partial charge in [0.15, 0.2) is 5.75 Å². The summed E-state index contributed by atoms with van der Waals surface area (Å²) in [5, 5.41) is 7.86. The van der Waals surface area contributed by atoms with Crippen molar-refractivity contribution < 1.29 is 9.47 Å². The van der Waals surface area contributed by atoms with E-state index < -0.39 is 0 Å². The van der Waals surface area contributed by atoms with Gasteiger partial charge in [0, 0.05) is 14.2 Å². The van der Waals surface area contributed by atoms with Gasteiger partial charge in [0.25, 0.3) is 0 Å². The Morgan fingerprint density at radius 1 is 1.42 bits per heavy atom. The van der Waals surface area contributed by atoms with Gasteiger partial charge in [-0.15, -0.1) is 0 Å². The number of methoxy groups -OCH3 is 2. The minimum absolute atomic E-state index is 0.0462. The van der Waals surface area contributed by atoms with Gasteiger partial charge in [-0.1, -0.05) is 13.8 Å². The largest absolute Gasteiger partial charge is 0.493 e. The molecule has 1 aromatic rings. The molecule has 0 saturated heterocycles. The van der Waals surface area contributed by atoms with Gasteiger partial charge >= 0.3 is 0 Å². The third-order valence-electron chi connectivity index (χ3n) is 3.82. The van der Waals surface area contributed by atoms with Crippen LogP contribution in [-0.4, -0.2) is 36.1 Å². The first kappa shape index (κ1) is 16.0. The molecular formula is C14H27N3O2. The minimum atomic E-state index is -0.295. The second-order valence-electron chi connectivity index (χ2n) is 4.98. The average Bonchev–Trinajstić information content (AvgIpc) is 2.80. The van der Waals surface area contributed by atoms with Gasteiger partial charge in [-0.25, -0.2) is 0 Å². The van der Waals surface area contributed by atoms with Crippen molar-refractivity contribution in [3.05, 3.63) is 11.9 Å². The van der Waals surface area contributed by atoms with Gasteiger partial charge in [-0.3, -0.25) is 4.68 Å². The molecule has 0 bridgehead atoms. The summed E-state index contributed by atoms with van der Waals surface area (Å²) in [6.07, 6.45) is 3.72. The molecule has 1 heterocycles. The molecule has 1 N–H and O–H groups in total. The van der Waals surface area contributed by atoms with Crippen LogP contribution in [0.4, 0.5) is 0 Å². The van der Waals surface area contributed by atoms with Gasteiger partial charge in [0.2, 0.25) is 0 Å². The molecule has 0 radical (unpaired) electrons. The van der Waals surface area contributed by atoms with E-state index in [1.807, 2.05) is 11.7 Å². The third-order valence-corrected chi connectivity index (χ3v) is 3.82. The van der Waals surface area contributed by atoms with Crippen molar-refractivity contribution in [2.75, 3.05) is 20.8 Å². The zero-order valence-electron chi connectivity index (χ0n) is 13.0. The summed E-state index contributed by atoms with van der Waals surface area (Å²) in [7, 11) is 5.37. The molecule has 110 valence electrons. The van der Waals surface area contributed by atoms with Crippen LogP contribution in [0.25, 0.3) is 0 Å². The van der Waals surface area contributed by atoms with Crippen LogP contribution in [-0.2, 0) is 11.8 Å². The highest BCUT2D eigenvalue weighted by Crippen LogP contribution is 2.36. The fourth-order valence-corrected chi connectivity index (χ4v) is 2.27. The predicted octanol–water partition coefficient (Wildman–Crippen LogP) is 2.28. The highest BCUT2D eigenvalue weighted by atomic mass is 16.5. The Hall–Kier alpha value is -1.07. The van der Waals surface area contributed by atoms with E-state index in [0.29, 0.717) is 0 Å². The molecule has 0 aromatic carbocycles. The molecule has 0 aliphatic heterocycles. The number of aromatic nitrogens is 2. The molecule has 2 unspecified atom stereocenters.